The quantitative estimate of drug-likeness (QED) is 0.638. The van der Waals surface area contributed by atoms with Gasteiger partial charge in [0.2, 0.25) is 0 Å². The average molecular weight is 264 g/mol. The van der Waals surface area contributed by atoms with E-state index in [1.54, 1.807) is 0 Å². The van der Waals surface area contributed by atoms with Crippen LogP contribution in [0.3, 0.4) is 0 Å². The zero-order chi connectivity index (χ0) is 13.9. The molecule has 0 bridgehead atoms. The van der Waals surface area contributed by atoms with E-state index in [1.165, 1.54) is 24.8 Å². The summed E-state index contributed by atoms with van der Waals surface area (Å²) in [7, 11) is 0. The van der Waals surface area contributed by atoms with Gasteiger partial charge in [0, 0.05) is 12.6 Å². The summed E-state index contributed by atoms with van der Waals surface area (Å²) in [5.74, 6) is 0.939. The van der Waals surface area contributed by atoms with Gasteiger partial charge in [-0.2, -0.15) is 0 Å². The second-order valence-electron chi connectivity index (χ2n) is 5.06. The van der Waals surface area contributed by atoms with Gasteiger partial charge >= 0.3 is 0 Å². The van der Waals surface area contributed by atoms with E-state index in [0.29, 0.717) is 19.2 Å². The van der Waals surface area contributed by atoms with Crippen LogP contribution in [0.5, 0.6) is 5.75 Å². The zero-order valence-corrected chi connectivity index (χ0v) is 12.3. The highest BCUT2D eigenvalue weighted by molar-refractivity contribution is 5.28. The summed E-state index contributed by atoms with van der Waals surface area (Å²) in [4.78, 5) is 0. The van der Waals surface area contributed by atoms with Gasteiger partial charge in [-0.1, -0.05) is 31.9 Å². The van der Waals surface area contributed by atoms with Crippen LogP contribution in [0.4, 0.5) is 0 Å². The van der Waals surface area contributed by atoms with E-state index in [2.05, 4.69) is 31.3 Å². The Morgan fingerprint density at radius 2 is 2.16 bits per heavy atom. The Balaban J connectivity index is 2.34. The summed E-state index contributed by atoms with van der Waals surface area (Å²) in [5.41, 5.74) is 6.73. The van der Waals surface area contributed by atoms with Gasteiger partial charge in [-0.25, -0.2) is 0 Å². The summed E-state index contributed by atoms with van der Waals surface area (Å²) >= 11 is 0. The molecular formula is C16H28N2O. The largest absolute Gasteiger partial charge is 0.494 e. The predicted octanol–water partition coefficient (Wildman–Crippen LogP) is 3.08. The van der Waals surface area contributed by atoms with Crippen molar-refractivity contribution in [3.63, 3.8) is 0 Å². The van der Waals surface area contributed by atoms with Crippen molar-refractivity contribution in [2.75, 3.05) is 13.2 Å². The third-order valence-corrected chi connectivity index (χ3v) is 3.16. The summed E-state index contributed by atoms with van der Waals surface area (Å²) in [6.45, 7) is 6.75. The maximum absolute atomic E-state index is 5.65. The van der Waals surface area contributed by atoms with E-state index in [9.17, 15) is 0 Å². The molecule has 1 rings (SSSR count). The number of hydrogen-bond acceptors (Lipinski definition) is 3. The molecule has 1 unspecified atom stereocenters. The molecule has 0 spiro atoms. The van der Waals surface area contributed by atoms with E-state index >= 15 is 0 Å². The Kier molecular flexibility index (Phi) is 8.26. The fourth-order valence-electron chi connectivity index (χ4n) is 1.92. The minimum atomic E-state index is 0.571. The Hall–Kier alpha value is -1.06. The maximum Gasteiger partial charge on any atom is 0.119 e. The molecule has 1 atom stereocenters. The fourth-order valence-corrected chi connectivity index (χ4v) is 1.92. The Morgan fingerprint density at radius 3 is 2.89 bits per heavy atom. The highest BCUT2D eigenvalue weighted by Crippen LogP contribution is 2.13. The number of nitrogens with one attached hydrogen (secondary N) is 1. The van der Waals surface area contributed by atoms with Crippen LogP contribution >= 0.6 is 0 Å². The van der Waals surface area contributed by atoms with E-state index < -0.39 is 0 Å². The van der Waals surface area contributed by atoms with Crippen LogP contribution in [0.2, 0.25) is 0 Å². The molecule has 108 valence electrons. The van der Waals surface area contributed by atoms with Crippen molar-refractivity contribution in [3.05, 3.63) is 29.8 Å². The molecule has 0 aromatic heterocycles. The first-order valence-electron chi connectivity index (χ1n) is 7.41. The third kappa shape index (κ3) is 7.19. The second-order valence-corrected chi connectivity index (χ2v) is 5.06. The van der Waals surface area contributed by atoms with Crippen LogP contribution in [0.15, 0.2) is 24.3 Å². The molecule has 0 amide bonds. The molecule has 1 aromatic carbocycles. The maximum atomic E-state index is 5.65. The third-order valence-electron chi connectivity index (χ3n) is 3.16. The van der Waals surface area contributed by atoms with Gasteiger partial charge in [-0.3, -0.25) is 0 Å². The molecule has 3 nitrogen and oxygen atoms in total. The smallest absolute Gasteiger partial charge is 0.119 e. The number of ether oxygens (including phenoxy) is 1. The molecule has 3 N–H and O–H groups in total. The van der Waals surface area contributed by atoms with E-state index in [0.717, 1.165) is 18.7 Å². The molecule has 19 heavy (non-hydrogen) atoms. The van der Waals surface area contributed by atoms with Gasteiger partial charge in [0.05, 0.1) is 6.61 Å². The van der Waals surface area contributed by atoms with Gasteiger partial charge in [0.1, 0.15) is 5.75 Å². The topological polar surface area (TPSA) is 47.3 Å². The molecule has 1 aromatic rings. The molecule has 0 aliphatic rings. The highest BCUT2D eigenvalue weighted by Gasteiger charge is 2.02. The van der Waals surface area contributed by atoms with Crippen molar-refractivity contribution in [3.8, 4) is 5.75 Å². The minimum absolute atomic E-state index is 0.571. The van der Waals surface area contributed by atoms with Crippen molar-refractivity contribution in [2.24, 2.45) is 5.73 Å². The van der Waals surface area contributed by atoms with Gasteiger partial charge < -0.3 is 15.8 Å². The molecule has 0 aliphatic carbocycles. The summed E-state index contributed by atoms with van der Waals surface area (Å²) in [5, 5.41) is 3.55. The molecule has 0 saturated heterocycles. The molecule has 0 radical (unpaired) electrons. The van der Waals surface area contributed by atoms with E-state index in [-0.39, 0.29) is 0 Å². The van der Waals surface area contributed by atoms with Crippen LogP contribution in [-0.4, -0.2) is 19.2 Å². The Bertz CT molecular complexity index is 341. The number of rotatable bonds is 10. The Morgan fingerprint density at radius 1 is 1.32 bits per heavy atom. The lowest BCUT2D eigenvalue weighted by Crippen LogP contribution is -2.25. The van der Waals surface area contributed by atoms with Crippen LogP contribution in [0.1, 0.15) is 45.1 Å². The van der Waals surface area contributed by atoms with Crippen molar-refractivity contribution >= 4 is 0 Å². The van der Waals surface area contributed by atoms with Crippen molar-refractivity contribution in [1.29, 1.82) is 0 Å². The van der Waals surface area contributed by atoms with E-state index in [1.807, 2.05) is 12.1 Å². The standard InChI is InChI=1S/C16H28N2O/c1-3-4-7-14(2)18-13-15-8-5-9-16(12-15)19-11-6-10-17/h5,8-9,12,14,18H,3-4,6-7,10-11,13,17H2,1-2H3. The van der Waals surface area contributed by atoms with Gasteiger partial charge in [0.15, 0.2) is 0 Å². The van der Waals surface area contributed by atoms with Gasteiger partial charge in [0.25, 0.3) is 0 Å². The van der Waals surface area contributed by atoms with Crippen LogP contribution in [-0.2, 0) is 6.54 Å². The first-order chi connectivity index (χ1) is 9.26. The SMILES string of the molecule is CCCCC(C)NCc1cccc(OCCCN)c1. The molecule has 0 saturated carbocycles. The lowest BCUT2D eigenvalue weighted by atomic mass is 10.1. The molecule has 0 aliphatic heterocycles. The van der Waals surface area contributed by atoms with Crippen molar-refractivity contribution in [1.82, 2.24) is 5.32 Å². The van der Waals surface area contributed by atoms with Gasteiger partial charge in [-0.15, -0.1) is 0 Å². The van der Waals surface area contributed by atoms with Crippen molar-refractivity contribution < 1.29 is 4.74 Å². The number of unbranched alkanes of at least 4 members (excludes halogenated alkanes) is 1. The molecular weight excluding hydrogens is 236 g/mol. The highest BCUT2D eigenvalue weighted by atomic mass is 16.5. The van der Waals surface area contributed by atoms with Crippen molar-refractivity contribution in [2.45, 2.75) is 52.1 Å². The summed E-state index contributed by atoms with van der Waals surface area (Å²) in [6.07, 6.45) is 4.69. The minimum Gasteiger partial charge on any atom is -0.494 e. The summed E-state index contributed by atoms with van der Waals surface area (Å²) in [6, 6.07) is 8.86. The van der Waals surface area contributed by atoms with Crippen LogP contribution < -0.4 is 15.8 Å². The lowest BCUT2D eigenvalue weighted by Gasteiger charge is -2.14. The number of hydrogen-bond donors (Lipinski definition) is 2. The van der Waals surface area contributed by atoms with Crippen LogP contribution in [0, 0.1) is 0 Å². The normalized spacial score (nSPS) is 12.4. The average Bonchev–Trinajstić information content (AvgIpc) is 2.44. The van der Waals surface area contributed by atoms with Gasteiger partial charge in [-0.05, 0) is 44.0 Å². The monoisotopic (exact) mass is 264 g/mol. The summed E-state index contributed by atoms with van der Waals surface area (Å²) < 4.78 is 5.65. The molecule has 0 heterocycles. The second kappa shape index (κ2) is 9.82. The molecule has 0 fully saturated rings. The van der Waals surface area contributed by atoms with Crippen LogP contribution in [0.25, 0.3) is 0 Å². The Labute approximate surface area is 117 Å². The van der Waals surface area contributed by atoms with E-state index in [4.69, 9.17) is 10.5 Å². The predicted molar refractivity (Wildman–Crippen MR) is 81.4 cm³/mol. The number of benzene rings is 1. The zero-order valence-electron chi connectivity index (χ0n) is 12.3. The fraction of sp³-hybridized carbons (Fsp3) is 0.625. The number of nitrogens with two attached hydrogens (primary N) is 1. The lowest BCUT2D eigenvalue weighted by molar-refractivity contribution is 0.313. The first kappa shape index (κ1) is 16.0. The molecule has 3 heteroatoms. The first-order valence-corrected chi connectivity index (χ1v) is 7.41.